The predicted octanol–water partition coefficient (Wildman–Crippen LogP) is 8.89. The lowest BCUT2D eigenvalue weighted by molar-refractivity contribution is 0.240. The molecule has 0 saturated heterocycles. The van der Waals surface area contributed by atoms with Gasteiger partial charge in [0, 0.05) is 0 Å². The Labute approximate surface area is 182 Å². The zero-order valence-corrected chi connectivity index (χ0v) is 19.0. The fraction of sp³-hybridized carbons (Fsp3) is 0.778. The summed E-state index contributed by atoms with van der Waals surface area (Å²) in [5.41, 5.74) is 0.453. The van der Waals surface area contributed by atoms with Crippen LogP contribution in [-0.4, -0.2) is 5.11 Å². The van der Waals surface area contributed by atoms with Gasteiger partial charge in [0.15, 0.2) is 11.6 Å². The van der Waals surface area contributed by atoms with Crippen LogP contribution in [0.15, 0.2) is 12.1 Å². The molecule has 1 nitrogen and oxygen atoms in total. The van der Waals surface area contributed by atoms with E-state index in [0.717, 1.165) is 43.4 Å². The van der Waals surface area contributed by atoms with Gasteiger partial charge in [-0.15, -0.1) is 0 Å². The average Bonchev–Trinajstić information content (AvgIpc) is 2.77. The maximum absolute atomic E-state index is 14.1. The lowest BCUT2D eigenvalue weighted by atomic mass is 9.76. The molecule has 170 valence electrons. The molecule has 1 N–H and O–H groups in total. The molecule has 0 bridgehead atoms. The summed E-state index contributed by atoms with van der Waals surface area (Å²) in [5.74, 6) is 0.299. The average molecular weight is 421 g/mol. The van der Waals surface area contributed by atoms with E-state index in [1.165, 1.54) is 83.1 Å². The second kappa shape index (κ2) is 12.1. The molecule has 0 aliphatic heterocycles. The van der Waals surface area contributed by atoms with E-state index in [-0.39, 0.29) is 5.92 Å². The Morgan fingerprint density at radius 2 is 1.17 bits per heavy atom. The molecule has 2 aliphatic carbocycles. The van der Waals surface area contributed by atoms with Gasteiger partial charge in [-0.2, -0.15) is 4.39 Å². The Balaban J connectivity index is 1.28. The van der Waals surface area contributed by atoms with Crippen LogP contribution in [0.2, 0.25) is 0 Å². The maximum Gasteiger partial charge on any atom is 0.200 e. The first-order chi connectivity index (χ1) is 14.6. The molecule has 0 spiro atoms. The van der Waals surface area contributed by atoms with Gasteiger partial charge in [-0.25, -0.2) is 4.39 Å². The normalized spacial score (nSPS) is 27.3. The summed E-state index contributed by atoms with van der Waals surface area (Å²) in [4.78, 5) is 0. The van der Waals surface area contributed by atoms with Crippen molar-refractivity contribution in [3.63, 3.8) is 0 Å². The van der Waals surface area contributed by atoms with Gasteiger partial charge < -0.3 is 5.11 Å². The summed E-state index contributed by atoms with van der Waals surface area (Å²) in [6, 6.07) is 2.86. The fourth-order valence-electron chi connectivity index (χ4n) is 5.99. The number of hydrogen-bond donors (Lipinski definition) is 1. The number of rotatable bonds is 10. The van der Waals surface area contributed by atoms with Crippen LogP contribution in [0.5, 0.6) is 5.75 Å². The van der Waals surface area contributed by atoms with Crippen LogP contribution in [0.4, 0.5) is 8.78 Å². The molecule has 3 rings (SSSR count). The molecular weight excluding hydrogens is 378 g/mol. The van der Waals surface area contributed by atoms with E-state index in [1.54, 1.807) is 6.07 Å². The zero-order valence-electron chi connectivity index (χ0n) is 19.0. The summed E-state index contributed by atoms with van der Waals surface area (Å²) in [6.07, 6.45) is 21.0. The van der Waals surface area contributed by atoms with Gasteiger partial charge in [-0.3, -0.25) is 0 Å². The molecule has 0 unspecified atom stereocenters. The first-order valence-electron chi connectivity index (χ1n) is 12.7. The van der Waals surface area contributed by atoms with Gasteiger partial charge in [0.25, 0.3) is 0 Å². The van der Waals surface area contributed by atoms with E-state index < -0.39 is 17.4 Å². The number of unbranched alkanes of at least 4 members (excludes halogenated alkanes) is 3. The van der Waals surface area contributed by atoms with Crippen LogP contribution in [0.1, 0.15) is 121 Å². The fourth-order valence-corrected chi connectivity index (χ4v) is 5.99. The first kappa shape index (κ1) is 23.5. The summed E-state index contributed by atoms with van der Waals surface area (Å²) in [7, 11) is 0. The monoisotopic (exact) mass is 420 g/mol. The Bertz CT molecular complexity index is 628. The summed E-state index contributed by atoms with van der Waals surface area (Å²) in [5, 5.41) is 9.32. The van der Waals surface area contributed by atoms with Crippen molar-refractivity contribution in [2.75, 3.05) is 0 Å². The van der Waals surface area contributed by atoms with Crippen molar-refractivity contribution in [2.24, 2.45) is 17.8 Å². The quantitative estimate of drug-likeness (QED) is 0.375. The van der Waals surface area contributed by atoms with Crippen LogP contribution in [0.3, 0.4) is 0 Å². The van der Waals surface area contributed by atoms with Crippen molar-refractivity contribution in [1.82, 2.24) is 0 Å². The lowest BCUT2D eigenvalue weighted by Crippen LogP contribution is -2.16. The SMILES string of the molecule is CCCCCC1CCC(CCCCC2CCC(c3ccc(O)c(F)c3F)CC2)CC1. The lowest BCUT2D eigenvalue weighted by Gasteiger charge is -2.30. The highest BCUT2D eigenvalue weighted by Gasteiger charge is 2.26. The third-order valence-electron chi connectivity index (χ3n) is 8.04. The highest BCUT2D eigenvalue weighted by atomic mass is 19.2. The molecule has 2 fully saturated rings. The third-order valence-corrected chi connectivity index (χ3v) is 8.04. The molecule has 0 heterocycles. The van der Waals surface area contributed by atoms with E-state index >= 15 is 0 Å². The second-order valence-electron chi connectivity index (χ2n) is 10.2. The summed E-state index contributed by atoms with van der Waals surface area (Å²) >= 11 is 0. The zero-order chi connectivity index (χ0) is 21.3. The highest BCUT2D eigenvalue weighted by Crippen LogP contribution is 2.40. The number of phenols is 1. The van der Waals surface area contributed by atoms with E-state index in [4.69, 9.17) is 0 Å². The molecule has 0 amide bonds. The largest absolute Gasteiger partial charge is 0.505 e. The Morgan fingerprint density at radius 3 is 1.67 bits per heavy atom. The minimum absolute atomic E-state index is 0.101. The van der Waals surface area contributed by atoms with Gasteiger partial charge in [0.05, 0.1) is 0 Å². The minimum atomic E-state index is -1.09. The Kier molecular flexibility index (Phi) is 9.46. The number of phenolic OH excluding ortho intramolecular Hbond substituents is 1. The van der Waals surface area contributed by atoms with Crippen molar-refractivity contribution in [3.8, 4) is 5.75 Å². The van der Waals surface area contributed by atoms with E-state index in [1.807, 2.05) is 0 Å². The first-order valence-corrected chi connectivity index (χ1v) is 12.7. The van der Waals surface area contributed by atoms with Crippen LogP contribution >= 0.6 is 0 Å². The molecule has 30 heavy (non-hydrogen) atoms. The molecule has 0 atom stereocenters. The molecule has 1 aromatic rings. The number of benzene rings is 1. The van der Waals surface area contributed by atoms with Gasteiger partial charge >= 0.3 is 0 Å². The molecular formula is C27H42F2O. The number of hydrogen-bond acceptors (Lipinski definition) is 1. The second-order valence-corrected chi connectivity index (χ2v) is 10.2. The van der Waals surface area contributed by atoms with E-state index in [9.17, 15) is 13.9 Å². The van der Waals surface area contributed by atoms with Crippen LogP contribution < -0.4 is 0 Å². The van der Waals surface area contributed by atoms with Crippen molar-refractivity contribution in [3.05, 3.63) is 29.3 Å². The Morgan fingerprint density at radius 1 is 0.700 bits per heavy atom. The highest BCUT2D eigenvalue weighted by molar-refractivity contribution is 5.32. The molecule has 2 aliphatic rings. The van der Waals surface area contributed by atoms with Crippen LogP contribution in [0, 0.1) is 29.4 Å². The number of halogens is 2. The van der Waals surface area contributed by atoms with Gasteiger partial charge in [0.1, 0.15) is 0 Å². The molecule has 3 heteroatoms. The van der Waals surface area contributed by atoms with Crippen molar-refractivity contribution < 1.29 is 13.9 Å². The van der Waals surface area contributed by atoms with Crippen molar-refractivity contribution >= 4 is 0 Å². The van der Waals surface area contributed by atoms with Gasteiger partial charge in [0.2, 0.25) is 5.82 Å². The third kappa shape index (κ3) is 6.69. The van der Waals surface area contributed by atoms with E-state index in [0.29, 0.717) is 5.56 Å². The number of aromatic hydroxyl groups is 1. The maximum atomic E-state index is 14.1. The molecule has 1 aromatic carbocycles. The summed E-state index contributed by atoms with van der Waals surface area (Å²) in [6.45, 7) is 2.29. The smallest absolute Gasteiger partial charge is 0.200 e. The van der Waals surface area contributed by atoms with Crippen molar-refractivity contribution in [2.45, 2.75) is 116 Å². The topological polar surface area (TPSA) is 20.2 Å². The molecule has 0 radical (unpaired) electrons. The predicted molar refractivity (Wildman–Crippen MR) is 121 cm³/mol. The van der Waals surface area contributed by atoms with Crippen LogP contribution in [0.25, 0.3) is 0 Å². The van der Waals surface area contributed by atoms with Gasteiger partial charge in [-0.05, 0) is 61.0 Å². The standard InChI is InChI=1S/C27H42F2O/c1-2-3-4-7-20-10-12-21(13-11-20)8-5-6-9-22-14-16-23(17-15-22)24-18-19-25(30)27(29)26(24)28/h18-23,30H,2-17H2,1H3. The van der Waals surface area contributed by atoms with Crippen LogP contribution in [-0.2, 0) is 0 Å². The molecule has 2 saturated carbocycles. The summed E-state index contributed by atoms with van der Waals surface area (Å²) < 4.78 is 27.8. The van der Waals surface area contributed by atoms with Gasteiger partial charge in [-0.1, -0.05) is 90.0 Å². The van der Waals surface area contributed by atoms with Crippen molar-refractivity contribution in [1.29, 1.82) is 0 Å². The Hall–Kier alpha value is -1.12. The molecule has 0 aromatic heterocycles. The minimum Gasteiger partial charge on any atom is -0.505 e. The van der Waals surface area contributed by atoms with E-state index in [2.05, 4.69) is 6.92 Å².